The van der Waals surface area contributed by atoms with Gasteiger partial charge in [-0.25, -0.2) is 0 Å². The molecule has 2 rings (SSSR count). The molecule has 15 heavy (non-hydrogen) atoms. The van der Waals surface area contributed by atoms with E-state index in [0.29, 0.717) is 6.10 Å². The summed E-state index contributed by atoms with van der Waals surface area (Å²) in [5, 5.41) is 7.56. The maximum Gasteiger partial charge on any atom is 0.0700 e. The monoisotopic (exact) mass is 209 g/mol. The molecule has 1 aliphatic heterocycles. The van der Waals surface area contributed by atoms with Gasteiger partial charge >= 0.3 is 0 Å². The first kappa shape index (κ1) is 10.6. The summed E-state index contributed by atoms with van der Waals surface area (Å²) in [4.78, 5) is 0. The second kappa shape index (κ2) is 5.28. The number of hydrogen-bond donors (Lipinski definition) is 1. The number of aromatic nitrogens is 2. The van der Waals surface area contributed by atoms with Gasteiger partial charge in [-0.3, -0.25) is 4.68 Å². The van der Waals surface area contributed by atoms with E-state index >= 15 is 0 Å². The minimum Gasteiger partial charge on any atom is -0.377 e. The fourth-order valence-corrected chi connectivity index (χ4v) is 1.93. The van der Waals surface area contributed by atoms with Crippen LogP contribution < -0.4 is 5.32 Å². The van der Waals surface area contributed by atoms with Gasteiger partial charge in [-0.2, -0.15) is 5.10 Å². The summed E-state index contributed by atoms with van der Waals surface area (Å²) in [5.41, 5.74) is 1.27. The first-order valence-corrected chi connectivity index (χ1v) is 5.65. The van der Waals surface area contributed by atoms with Gasteiger partial charge in [0.15, 0.2) is 0 Å². The standard InChI is InChI=1S/C11H19N3O/c1-14-10(5-7-13-14)4-6-12-9-11-3-2-8-15-11/h5,7,11-12H,2-4,6,8-9H2,1H3. The lowest BCUT2D eigenvalue weighted by atomic mass is 10.2. The number of aryl methyl sites for hydroxylation is 1. The third-order valence-electron chi connectivity index (χ3n) is 2.88. The fourth-order valence-electron chi connectivity index (χ4n) is 1.93. The van der Waals surface area contributed by atoms with Crippen molar-refractivity contribution in [2.45, 2.75) is 25.4 Å². The van der Waals surface area contributed by atoms with Crippen LogP contribution in [0.5, 0.6) is 0 Å². The van der Waals surface area contributed by atoms with Crippen LogP contribution in [0.4, 0.5) is 0 Å². The lowest BCUT2D eigenvalue weighted by molar-refractivity contribution is 0.110. The molecule has 4 nitrogen and oxygen atoms in total. The predicted molar refractivity (Wildman–Crippen MR) is 58.8 cm³/mol. The molecule has 1 fully saturated rings. The minimum absolute atomic E-state index is 0.441. The topological polar surface area (TPSA) is 39.1 Å². The molecule has 0 spiro atoms. The van der Waals surface area contributed by atoms with Crippen molar-refractivity contribution < 1.29 is 4.74 Å². The molecule has 1 N–H and O–H groups in total. The predicted octanol–water partition coefficient (Wildman–Crippen LogP) is 0.731. The Morgan fingerprint density at radius 1 is 1.67 bits per heavy atom. The minimum atomic E-state index is 0.441. The van der Waals surface area contributed by atoms with Gasteiger partial charge in [0, 0.05) is 45.1 Å². The van der Waals surface area contributed by atoms with E-state index < -0.39 is 0 Å². The molecule has 1 atom stereocenters. The molecule has 0 aromatic carbocycles. The molecular weight excluding hydrogens is 190 g/mol. The molecule has 0 amide bonds. The largest absolute Gasteiger partial charge is 0.377 e. The molecule has 84 valence electrons. The molecule has 1 aliphatic rings. The second-order valence-corrected chi connectivity index (χ2v) is 4.04. The molecule has 0 bridgehead atoms. The van der Waals surface area contributed by atoms with Crippen LogP contribution in [-0.2, 0) is 18.2 Å². The van der Waals surface area contributed by atoms with Crippen LogP contribution in [0.25, 0.3) is 0 Å². The Morgan fingerprint density at radius 3 is 3.27 bits per heavy atom. The zero-order valence-corrected chi connectivity index (χ0v) is 9.28. The highest BCUT2D eigenvalue weighted by atomic mass is 16.5. The van der Waals surface area contributed by atoms with Crippen LogP contribution in [0.15, 0.2) is 12.3 Å². The lowest BCUT2D eigenvalue weighted by Crippen LogP contribution is -2.28. The van der Waals surface area contributed by atoms with Gasteiger partial charge in [-0.1, -0.05) is 0 Å². The molecule has 4 heteroatoms. The average Bonchev–Trinajstić information content (AvgIpc) is 2.85. The van der Waals surface area contributed by atoms with Crippen LogP contribution in [0.2, 0.25) is 0 Å². The Morgan fingerprint density at radius 2 is 2.60 bits per heavy atom. The molecule has 2 heterocycles. The Balaban J connectivity index is 1.60. The Labute approximate surface area is 90.6 Å². The van der Waals surface area contributed by atoms with Gasteiger partial charge in [0.1, 0.15) is 0 Å². The van der Waals surface area contributed by atoms with Crippen molar-refractivity contribution >= 4 is 0 Å². The van der Waals surface area contributed by atoms with Gasteiger partial charge in [-0.15, -0.1) is 0 Å². The van der Waals surface area contributed by atoms with Gasteiger partial charge < -0.3 is 10.1 Å². The van der Waals surface area contributed by atoms with Crippen molar-refractivity contribution in [1.29, 1.82) is 0 Å². The normalized spacial score (nSPS) is 21.0. The molecule has 1 saturated heterocycles. The molecule has 1 aromatic heterocycles. The number of rotatable bonds is 5. The van der Waals surface area contributed by atoms with Crippen molar-refractivity contribution in [3.05, 3.63) is 18.0 Å². The molecular formula is C11H19N3O. The Bertz CT molecular complexity index is 292. The smallest absolute Gasteiger partial charge is 0.0700 e. The second-order valence-electron chi connectivity index (χ2n) is 4.04. The summed E-state index contributed by atoms with van der Waals surface area (Å²) >= 11 is 0. The molecule has 1 aromatic rings. The van der Waals surface area contributed by atoms with Crippen LogP contribution >= 0.6 is 0 Å². The summed E-state index contributed by atoms with van der Waals surface area (Å²) in [6.07, 6.45) is 5.74. The zero-order chi connectivity index (χ0) is 10.5. The van der Waals surface area contributed by atoms with Crippen molar-refractivity contribution in [2.24, 2.45) is 7.05 Å². The number of ether oxygens (including phenoxy) is 1. The van der Waals surface area contributed by atoms with Crippen molar-refractivity contribution in [3.8, 4) is 0 Å². The van der Waals surface area contributed by atoms with E-state index in [9.17, 15) is 0 Å². The number of nitrogens with zero attached hydrogens (tertiary/aromatic N) is 2. The number of hydrogen-bond acceptors (Lipinski definition) is 3. The zero-order valence-electron chi connectivity index (χ0n) is 9.28. The van der Waals surface area contributed by atoms with Gasteiger partial charge in [0.2, 0.25) is 0 Å². The third kappa shape index (κ3) is 3.04. The highest BCUT2D eigenvalue weighted by Crippen LogP contribution is 2.10. The lowest BCUT2D eigenvalue weighted by Gasteiger charge is -2.10. The fraction of sp³-hybridized carbons (Fsp3) is 0.727. The Hall–Kier alpha value is -0.870. The summed E-state index contributed by atoms with van der Waals surface area (Å²) < 4.78 is 7.46. The maximum atomic E-state index is 5.53. The molecule has 0 saturated carbocycles. The molecule has 0 aliphatic carbocycles. The summed E-state index contributed by atoms with van der Waals surface area (Å²) in [5.74, 6) is 0. The van der Waals surface area contributed by atoms with E-state index in [1.54, 1.807) is 0 Å². The van der Waals surface area contributed by atoms with Gasteiger partial charge in [0.25, 0.3) is 0 Å². The van der Waals surface area contributed by atoms with E-state index in [4.69, 9.17) is 4.74 Å². The summed E-state index contributed by atoms with van der Waals surface area (Å²) in [6.45, 7) is 2.92. The Kier molecular flexibility index (Phi) is 3.75. The molecule has 0 radical (unpaired) electrons. The van der Waals surface area contributed by atoms with E-state index in [2.05, 4.69) is 16.5 Å². The van der Waals surface area contributed by atoms with Crippen LogP contribution in [-0.4, -0.2) is 35.6 Å². The maximum absolute atomic E-state index is 5.53. The van der Waals surface area contributed by atoms with Crippen molar-refractivity contribution in [3.63, 3.8) is 0 Å². The van der Waals surface area contributed by atoms with Crippen molar-refractivity contribution in [2.75, 3.05) is 19.7 Å². The third-order valence-corrected chi connectivity index (χ3v) is 2.88. The molecule has 1 unspecified atom stereocenters. The highest BCUT2D eigenvalue weighted by molar-refractivity contribution is 5.00. The van der Waals surface area contributed by atoms with Crippen LogP contribution in [0.1, 0.15) is 18.5 Å². The first-order valence-electron chi connectivity index (χ1n) is 5.65. The van der Waals surface area contributed by atoms with Gasteiger partial charge in [-0.05, 0) is 18.9 Å². The SMILES string of the molecule is Cn1nccc1CCNCC1CCCO1. The summed E-state index contributed by atoms with van der Waals surface area (Å²) in [7, 11) is 1.98. The van der Waals surface area contributed by atoms with Crippen molar-refractivity contribution in [1.82, 2.24) is 15.1 Å². The highest BCUT2D eigenvalue weighted by Gasteiger charge is 2.14. The quantitative estimate of drug-likeness (QED) is 0.727. The average molecular weight is 209 g/mol. The van der Waals surface area contributed by atoms with E-state index in [1.165, 1.54) is 18.5 Å². The van der Waals surface area contributed by atoms with E-state index in [1.807, 2.05) is 17.9 Å². The van der Waals surface area contributed by atoms with E-state index in [0.717, 1.165) is 26.1 Å². The van der Waals surface area contributed by atoms with Gasteiger partial charge in [0.05, 0.1) is 6.10 Å². The van der Waals surface area contributed by atoms with E-state index in [-0.39, 0.29) is 0 Å². The summed E-state index contributed by atoms with van der Waals surface area (Å²) in [6, 6.07) is 2.06. The van der Waals surface area contributed by atoms with Crippen LogP contribution in [0.3, 0.4) is 0 Å². The number of nitrogens with one attached hydrogen (secondary N) is 1. The van der Waals surface area contributed by atoms with Crippen LogP contribution in [0, 0.1) is 0 Å². The first-order chi connectivity index (χ1) is 7.36.